The summed E-state index contributed by atoms with van der Waals surface area (Å²) in [5, 5.41) is 8.85. The standard InChI is InChI=1S/C17H20N4O2/c1-13(22)19-8-10-20(11-9-19)16-6-7-21(17(16)23)15-4-2-14(12-18)3-5-15/h2-5,16H,6-11H2,1H3. The summed E-state index contributed by atoms with van der Waals surface area (Å²) in [6.45, 7) is 5.16. The molecule has 0 bridgehead atoms. The lowest BCUT2D eigenvalue weighted by atomic mass is 10.1. The highest BCUT2D eigenvalue weighted by Gasteiger charge is 2.37. The Labute approximate surface area is 135 Å². The summed E-state index contributed by atoms with van der Waals surface area (Å²) < 4.78 is 0. The average molecular weight is 312 g/mol. The van der Waals surface area contributed by atoms with E-state index in [9.17, 15) is 9.59 Å². The molecule has 0 aliphatic carbocycles. The average Bonchev–Trinajstić information content (AvgIpc) is 2.96. The van der Waals surface area contributed by atoms with Gasteiger partial charge in [-0.1, -0.05) is 0 Å². The molecule has 1 aromatic carbocycles. The summed E-state index contributed by atoms with van der Waals surface area (Å²) in [5.74, 6) is 0.215. The molecule has 1 atom stereocenters. The minimum absolute atomic E-state index is 0.0975. The van der Waals surface area contributed by atoms with E-state index in [1.807, 2.05) is 17.0 Å². The van der Waals surface area contributed by atoms with Gasteiger partial charge in [-0.2, -0.15) is 5.26 Å². The Morgan fingerprint density at radius 2 is 1.78 bits per heavy atom. The van der Waals surface area contributed by atoms with Crippen LogP contribution in [-0.4, -0.2) is 60.4 Å². The van der Waals surface area contributed by atoms with Crippen molar-refractivity contribution in [2.75, 3.05) is 37.6 Å². The fraction of sp³-hybridized carbons (Fsp3) is 0.471. The number of piperazine rings is 1. The minimum Gasteiger partial charge on any atom is -0.340 e. The number of anilines is 1. The molecule has 23 heavy (non-hydrogen) atoms. The summed E-state index contributed by atoms with van der Waals surface area (Å²) in [6, 6.07) is 9.12. The molecule has 2 aliphatic rings. The van der Waals surface area contributed by atoms with Crippen molar-refractivity contribution >= 4 is 17.5 Å². The Balaban J connectivity index is 1.65. The first-order valence-electron chi connectivity index (χ1n) is 7.91. The molecule has 6 heteroatoms. The summed E-state index contributed by atoms with van der Waals surface area (Å²) in [7, 11) is 0. The fourth-order valence-electron chi connectivity index (χ4n) is 3.32. The zero-order valence-corrected chi connectivity index (χ0v) is 13.2. The maximum Gasteiger partial charge on any atom is 0.244 e. The zero-order valence-electron chi connectivity index (χ0n) is 13.2. The van der Waals surface area contributed by atoms with E-state index in [1.165, 1.54) is 0 Å². The van der Waals surface area contributed by atoms with Gasteiger partial charge in [0.15, 0.2) is 0 Å². The van der Waals surface area contributed by atoms with E-state index < -0.39 is 0 Å². The highest BCUT2D eigenvalue weighted by atomic mass is 16.2. The monoisotopic (exact) mass is 312 g/mol. The largest absolute Gasteiger partial charge is 0.340 e. The molecule has 2 heterocycles. The minimum atomic E-state index is -0.0975. The third kappa shape index (κ3) is 3.06. The van der Waals surface area contributed by atoms with E-state index in [2.05, 4.69) is 11.0 Å². The second-order valence-corrected chi connectivity index (χ2v) is 6.00. The normalized spacial score (nSPS) is 22.3. The first-order valence-corrected chi connectivity index (χ1v) is 7.91. The molecule has 6 nitrogen and oxygen atoms in total. The molecular formula is C17H20N4O2. The van der Waals surface area contributed by atoms with E-state index in [-0.39, 0.29) is 17.9 Å². The molecule has 120 valence electrons. The Bertz CT molecular complexity index is 642. The molecule has 2 fully saturated rings. The maximum atomic E-state index is 12.7. The molecule has 0 spiro atoms. The molecule has 3 rings (SSSR count). The van der Waals surface area contributed by atoms with Gasteiger partial charge in [0.1, 0.15) is 0 Å². The number of carbonyl (C=O) groups is 2. The molecule has 0 saturated carbocycles. The second-order valence-electron chi connectivity index (χ2n) is 6.00. The van der Waals surface area contributed by atoms with Crippen molar-refractivity contribution in [1.82, 2.24) is 9.80 Å². The van der Waals surface area contributed by atoms with E-state index in [0.29, 0.717) is 25.2 Å². The van der Waals surface area contributed by atoms with E-state index in [4.69, 9.17) is 5.26 Å². The SMILES string of the molecule is CC(=O)N1CCN(C2CCN(c3ccc(C#N)cc3)C2=O)CC1. The van der Waals surface area contributed by atoms with Crippen LogP contribution in [-0.2, 0) is 9.59 Å². The number of nitrogens with zero attached hydrogens (tertiary/aromatic N) is 4. The van der Waals surface area contributed by atoms with Crippen LogP contribution >= 0.6 is 0 Å². The third-order valence-corrected chi connectivity index (χ3v) is 4.69. The number of amides is 2. The summed E-state index contributed by atoms with van der Waals surface area (Å²) in [4.78, 5) is 29.9. The van der Waals surface area contributed by atoms with Gasteiger partial charge in [-0.05, 0) is 30.7 Å². The molecule has 0 aromatic heterocycles. The van der Waals surface area contributed by atoms with E-state index in [1.54, 1.807) is 24.0 Å². The van der Waals surface area contributed by atoms with Gasteiger partial charge in [0.2, 0.25) is 11.8 Å². The first kappa shape index (κ1) is 15.5. The van der Waals surface area contributed by atoms with Gasteiger partial charge < -0.3 is 9.80 Å². The van der Waals surface area contributed by atoms with E-state index >= 15 is 0 Å². The summed E-state index contributed by atoms with van der Waals surface area (Å²) in [5.41, 5.74) is 1.44. The van der Waals surface area contributed by atoms with Crippen molar-refractivity contribution in [3.8, 4) is 6.07 Å². The highest BCUT2D eigenvalue weighted by Crippen LogP contribution is 2.25. The molecule has 0 N–H and O–H groups in total. The van der Waals surface area contributed by atoms with Crippen molar-refractivity contribution in [2.24, 2.45) is 0 Å². The van der Waals surface area contributed by atoms with Crippen LogP contribution in [0, 0.1) is 11.3 Å². The van der Waals surface area contributed by atoms with Gasteiger partial charge in [-0.15, -0.1) is 0 Å². The molecule has 1 aromatic rings. The van der Waals surface area contributed by atoms with Crippen LogP contribution < -0.4 is 4.90 Å². The van der Waals surface area contributed by atoms with Crippen molar-refractivity contribution in [1.29, 1.82) is 5.26 Å². The fourth-order valence-corrected chi connectivity index (χ4v) is 3.32. The van der Waals surface area contributed by atoms with Crippen LogP contribution in [0.5, 0.6) is 0 Å². The molecule has 0 radical (unpaired) electrons. The highest BCUT2D eigenvalue weighted by molar-refractivity contribution is 5.99. The lowest BCUT2D eigenvalue weighted by Crippen LogP contribution is -2.53. The summed E-state index contributed by atoms with van der Waals surface area (Å²) in [6.07, 6.45) is 0.804. The number of hydrogen-bond acceptors (Lipinski definition) is 4. The van der Waals surface area contributed by atoms with Crippen molar-refractivity contribution < 1.29 is 9.59 Å². The Morgan fingerprint density at radius 1 is 1.13 bits per heavy atom. The Morgan fingerprint density at radius 3 is 2.35 bits per heavy atom. The predicted molar refractivity (Wildman–Crippen MR) is 85.7 cm³/mol. The first-order chi connectivity index (χ1) is 11.1. The Hall–Kier alpha value is -2.39. The molecule has 2 saturated heterocycles. The third-order valence-electron chi connectivity index (χ3n) is 4.69. The van der Waals surface area contributed by atoms with E-state index in [0.717, 1.165) is 25.2 Å². The second kappa shape index (κ2) is 6.39. The van der Waals surface area contributed by atoms with Gasteiger partial charge >= 0.3 is 0 Å². The summed E-state index contributed by atoms with van der Waals surface area (Å²) >= 11 is 0. The van der Waals surface area contributed by atoms with Gasteiger partial charge in [-0.3, -0.25) is 14.5 Å². The van der Waals surface area contributed by atoms with Crippen LogP contribution in [0.1, 0.15) is 18.9 Å². The maximum absolute atomic E-state index is 12.7. The lowest BCUT2D eigenvalue weighted by Gasteiger charge is -2.36. The van der Waals surface area contributed by atoms with Crippen molar-refractivity contribution in [2.45, 2.75) is 19.4 Å². The predicted octanol–water partition coefficient (Wildman–Crippen LogP) is 0.828. The molecule has 1 unspecified atom stereocenters. The smallest absolute Gasteiger partial charge is 0.244 e. The van der Waals surface area contributed by atoms with Gasteiger partial charge in [0, 0.05) is 45.3 Å². The van der Waals surface area contributed by atoms with Gasteiger partial charge in [0.05, 0.1) is 17.7 Å². The molecular weight excluding hydrogens is 292 g/mol. The van der Waals surface area contributed by atoms with Crippen LogP contribution in [0.2, 0.25) is 0 Å². The quantitative estimate of drug-likeness (QED) is 0.811. The van der Waals surface area contributed by atoms with Gasteiger partial charge in [-0.25, -0.2) is 0 Å². The number of nitriles is 1. The van der Waals surface area contributed by atoms with Crippen LogP contribution in [0.4, 0.5) is 5.69 Å². The van der Waals surface area contributed by atoms with Crippen LogP contribution in [0.25, 0.3) is 0 Å². The lowest BCUT2D eigenvalue weighted by molar-refractivity contribution is -0.131. The number of carbonyl (C=O) groups excluding carboxylic acids is 2. The number of benzene rings is 1. The van der Waals surface area contributed by atoms with Crippen molar-refractivity contribution in [3.05, 3.63) is 29.8 Å². The van der Waals surface area contributed by atoms with Gasteiger partial charge in [0.25, 0.3) is 0 Å². The topological polar surface area (TPSA) is 67.7 Å². The number of rotatable bonds is 2. The zero-order chi connectivity index (χ0) is 16.4. The number of hydrogen-bond donors (Lipinski definition) is 0. The van der Waals surface area contributed by atoms with Crippen LogP contribution in [0.3, 0.4) is 0 Å². The van der Waals surface area contributed by atoms with Crippen LogP contribution in [0.15, 0.2) is 24.3 Å². The molecule has 2 amide bonds. The molecule has 2 aliphatic heterocycles. The Kier molecular flexibility index (Phi) is 4.30. The van der Waals surface area contributed by atoms with Crippen molar-refractivity contribution in [3.63, 3.8) is 0 Å².